The first kappa shape index (κ1) is 21.7. The first-order chi connectivity index (χ1) is 13.5. The molecule has 1 aromatic rings. The van der Waals surface area contributed by atoms with Crippen LogP contribution in [0.5, 0.6) is 0 Å². The summed E-state index contributed by atoms with van der Waals surface area (Å²) in [5.74, 6) is -0.717. The van der Waals surface area contributed by atoms with E-state index in [1.165, 1.54) is 0 Å². The molecule has 0 aromatic heterocycles. The third kappa shape index (κ3) is 7.55. The van der Waals surface area contributed by atoms with Crippen LogP contribution in [-0.4, -0.2) is 30.9 Å². The van der Waals surface area contributed by atoms with Crippen LogP contribution in [0.1, 0.15) is 51.2 Å². The van der Waals surface area contributed by atoms with Crippen LogP contribution in [0.2, 0.25) is 0 Å². The van der Waals surface area contributed by atoms with Gasteiger partial charge in [-0.1, -0.05) is 56.3 Å². The minimum absolute atomic E-state index is 0.125. The van der Waals surface area contributed by atoms with Crippen LogP contribution >= 0.6 is 0 Å². The van der Waals surface area contributed by atoms with Gasteiger partial charge in [-0.05, 0) is 24.3 Å². The largest absolute Gasteiger partial charge is 0.456 e. The molecule has 1 aliphatic rings. The number of allylic oxidation sites excluding steroid dienone is 2. The van der Waals surface area contributed by atoms with Gasteiger partial charge in [-0.25, -0.2) is 0 Å². The Labute approximate surface area is 166 Å². The second-order valence-corrected chi connectivity index (χ2v) is 7.48. The molecule has 0 aliphatic carbocycles. The van der Waals surface area contributed by atoms with Gasteiger partial charge in [0, 0.05) is 19.4 Å². The Hall–Kier alpha value is -2.63. The van der Waals surface area contributed by atoms with Crippen molar-refractivity contribution in [3.05, 3.63) is 48.0 Å². The smallest absolute Gasteiger partial charge is 0.306 e. The van der Waals surface area contributed by atoms with Crippen LogP contribution in [0, 0.1) is 11.8 Å². The highest BCUT2D eigenvalue weighted by atomic mass is 16.5. The molecule has 2 N–H and O–H groups in total. The highest BCUT2D eigenvalue weighted by molar-refractivity contribution is 5.86. The van der Waals surface area contributed by atoms with E-state index >= 15 is 0 Å². The van der Waals surface area contributed by atoms with Crippen molar-refractivity contribution in [2.24, 2.45) is 11.8 Å². The summed E-state index contributed by atoms with van der Waals surface area (Å²) in [6.07, 6.45) is 4.62. The zero-order valence-electron chi connectivity index (χ0n) is 16.6. The Kier molecular flexibility index (Phi) is 8.72. The lowest BCUT2D eigenvalue weighted by molar-refractivity contribution is -0.150. The number of carbonyl (C=O) groups is 3. The van der Waals surface area contributed by atoms with Crippen molar-refractivity contribution >= 4 is 17.8 Å². The van der Waals surface area contributed by atoms with Gasteiger partial charge in [0.15, 0.2) is 0 Å². The van der Waals surface area contributed by atoms with Crippen molar-refractivity contribution in [1.29, 1.82) is 0 Å². The molecule has 1 aromatic carbocycles. The molecule has 0 bridgehead atoms. The predicted molar refractivity (Wildman–Crippen MR) is 107 cm³/mol. The van der Waals surface area contributed by atoms with E-state index in [1.807, 2.05) is 56.3 Å². The normalized spacial score (nSPS) is 22.4. The maximum atomic E-state index is 12.7. The van der Waals surface area contributed by atoms with E-state index in [4.69, 9.17) is 4.74 Å². The average molecular weight is 386 g/mol. The van der Waals surface area contributed by atoms with Crippen LogP contribution in [-0.2, 0) is 19.1 Å². The number of cyclic esters (lactones) is 1. The second kappa shape index (κ2) is 11.3. The summed E-state index contributed by atoms with van der Waals surface area (Å²) in [6, 6.07) is 9.35. The number of hydrogen-bond donors (Lipinski definition) is 2. The van der Waals surface area contributed by atoms with Crippen LogP contribution in [0.25, 0.3) is 0 Å². The van der Waals surface area contributed by atoms with Gasteiger partial charge in [0.2, 0.25) is 11.8 Å². The number of esters is 1. The van der Waals surface area contributed by atoms with Crippen molar-refractivity contribution < 1.29 is 19.1 Å². The molecule has 6 heteroatoms. The molecule has 1 heterocycles. The van der Waals surface area contributed by atoms with Gasteiger partial charge < -0.3 is 15.4 Å². The summed E-state index contributed by atoms with van der Waals surface area (Å²) in [4.78, 5) is 37.0. The molecule has 2 rings (SSSR count). The number of rotatable bonds is 5. The van der Waals surface area contributed by atoms with Crippen molar-refractivity contribution in [3.8, 4) is 0 Å². The summed E-state index contributed by atoms with van der Waals surface area (Å²) < 4.78 is 5.57. The molecule has 2 unspecified atom stereocenters. The maximum absolute atomic E-state index is 12.7. The number of benzene rings is 1. The van der Waals surface area contributed by atoms with Crippen molar-refractivity contribution in [1.82, 2.24) is 10.6 Å². The molecule has 0 spiro atoms. The minimum Gasteiger partial charge on any atom is -0.456 e. The lowest BCUT2D eigenvalue weighted by atomic mass is 9.98. The molecule has 152 valence electrons. The van der Waals surface area contributed by atoms with Gasteiger partial charge in [-0.15, -0.1) is 0 Å². The molecular weight excluding hydrogens is 356 g/mol. The van der Waals surface area contributed by atoms with Gasteiger partial charge >= 0.3 is 5.97 Å². The predicted octanol–water partition coefficient (Wildman–Crippen LogP) is 2.91. The zero-order valence-corrected chi connectivity index (χ0v) is 16.6. The average Bonchev–Trinajstić information content (AvgIpc) is 2.68. The molecule has 0 saturated carbocycles. The van der Waals surface area contributed by atoms with E-state index in [0.29, 0.717) is 25.3 Å². The number of hydrogen-bond acceptors (Lipinski definition) is 4. The Balaban J connectivity index is 2.07. The summed E-state index contributed by atoms with van der Waals surface area (Å²) >= 11 is 0. The van der Waals surface area contributed by atoms with E-state index in [9.17, 15) is 14.4 Å². The van der Waals surface area contributed by atoms with Gasteiger partial charge in [0.25, 0.3) is 0 Å². The van der Waals surface area contributed by atoms with Crippen molar-refractivity contribution in [2.75, 3.05) is 13.1 Å². The van der Waals surface area contributed by atoms with E-state index in [2.05, 4.69) is 10.6 Å². The summed E-state index contributed by atoms with van der Waals surface area (Å²) in [5.41, 5.74) is 0.829. The highest BCUT2D eigenvalue weighted by Crippen LogP contribution is 2.19. The van der Waals surface area contributed by atoms with E-state index < -0.39 is 12.0 Å². The fraction of sp³-hybridized carbons (Fsp3) is 0.500. The highest BCUT2D eigenvalue weighted by Gasteiger charge is 2.24. The van der Waals surface area contributed by atoms with Crippen LogP contribution < -0.4 is 10.6 Å². The number of carbonyl (C=O) groups excluding carboxylic acids is 3. The van der Waals surface area contributed by atoms with Crippen LogP contribution in [0.15, 0.2) is 42.5 Å². The zero-order chi connectivity index (χ0) is 20.4. The van der Waals surface area contributed by atoms with Crippen LogP contribution in [0.3, 0.4) is 0 Å². The Morgan fingerprint density at radius 2 is 1.96 bits per heavy atom. The molecule has 2 amide bonds. The topological polar surface area (TPSA) is 84.5 Å². The van der Waals surface area contributed by atoms with Crippen molar-refractivity contribution in [2.45, 2.75) is 45.6 Å². The SMILES string of the molecule is CC(C)CNC(=O)CC1C/C=C/CCC(=O)OC(c2ccccc2)CNC1=O. The quantitative estimate of drug-likeness (QED) is 0.602. The number of amides is 2. The fourth-order valence-electron chi connectivity index (χ4n) is 2.93. The minimum atomic E-state index is -0.545. The first-order valence-electron chi connectivity index (χ1n) is 9.89. The molecule has 0 fully saturated rings. The summed E-state index contributed by atoms with van der Waals surface area (Å²) in [7, 11) is 0. The molecule has 2 atom stereocenters. The molecule has 6 nitrogen and oxygen atoms in total. The number of nitrogens with one attached hydrogen (secondary N) is 2. The third-order valence-electron chi connectivity index (χ3n) is 4.52. The van der Waals surface area contributed by atoms with Crippen LogP contribution in [0.4, 0.5) is 0 Å². The lowest BCUT2D eigenvalue weighted by Crippen LogP contribution is -2.38. The summed E-state index contributed by atoms with van der Waals surface area (Å²) in [5, 5.41) is 5.72. The Bertz CT molecular complexity index is 685. The van der Waals surface area contributed by atoms with Gasteiger partial charge in [0.1, 0.15) is 6.10 Å². The number of ether oxygens (including phenoxy) is 1. The van der Waals surface area contributed by atoms with E-state index in [0.717, 1.165) is 5.56 Å². The van der Waals surface area contributed by atoms with E-state index in [1.54, 1.807) is 0 Å². The first-order valence-corrected chi connectivity index (χ1v) is 9.89. The molecule has 0 saturated heterocycles. The standard InChI is InChI=1S/C22H30N2O4/c1-16(2)14-23-20(25)13-18-11-7-4-8-12-21(26)28-19(15-24-22(18)27)17-9-5-3-6-10-17/h3-7,9-10,16,18-19H,8,11-15H2,1-2H3,(H,23,25)(H,24,27)/b7-4+. The molecular formula is C22H30N2O4. The molecule has 28 heavy (non-hydrogen) atoms. The Morgan fingerprint density at radius 1 is 1.21 bits per heavy atom. The second-order valence-electron chi connectivity index (χ2n) is 7.48. The Morgan fingerprint density at radius 3 is 2.68 bits per heavy atom. The van der Waals surface area contributed by atoms with Gasteiger partial charge in [-0.3, -0.25) is 14.4 Å². The molecule has 1 aliphatic heterocycles. The van der Waals surface area contributed by atoms with Crippen molar-refractivity contribution in [3.63, 3.8) is 0 Å². The monoisotopic (exact) mass is 386 g/mol. The third-order valence-corrected chi connectivity index (χ3v) is 4.52. The maximum Gasteiger partial charge on any atom is 0.306 e. The van der Waals surface area contributed by atoms with Gasteiger partial charge in [0.05, 0.1) is 12.5 Å². The molecule has 0 radical (unpaired) electrons. The lowest BCUT2D eigenvalue weighted by Gasteiger charge is -2.22. The fourth-order valence-corrected chi connectivity index (χ4v) is 2.93. The summed E-state index contributed by atoms with van der Waals surface area (Å²) in [6.45, 7) is 4.82. The van der Waals surface area contributed by atoms with E-state index in [-0.39, 0.29) is 37.2 Å². The van der Waals surface area contributed by atoms with Gasteiger partial charge in [-0.2, -0.15) is 0 Å².